The lowest BCUT2D eigenvalue weighted by atomic mass is 10.1. The number of rotatable bonds is 7. The second kappa shape index (κ2) is 7.43. The summed E-state index contributed by atoms with van der Waals surface area (Å²) in [5.74, 6) is 0.907. The van der Waals surface area contributed by atoms with Crippen LogP contribution in [0.25, 0.3) is 10.8 Å². The van der Waals surface area contributed by atoms with Crippen molar-refractivity contribution in [2.75, 3.05) is 27.2 Å². The number of hydrogen-bond donors (Lipinski definition) is 1. The van der Waals surface area contributed by atoms with Crippen molar-refractivity contribution in [3.8, 4) is 5.75 Å². The summed E-state index contributed by atoms with van der Waals surface area (Å²) in [4.78, 5) is 2.35. The fourth-order valence-corrected chi connectivity index (χ4v) is 2.26. The van der Waals surface area contributed by atoms with Gasteiger partial charge in [0.05, 0.1) is 7.11 Å². The first-order valence-electron chi connectivity index (χ1n) is 7.58. The first-order valence-corrected chi connectivity index (χ1v) is 7.58. The molecule has 2 rings (SSSR count). The molecule has 2 aromatic rings. The van der Waals surface area contributed by atoms with Crippen LogP contribution in [0.1, 0.15) is 19.4 Å². The summed E-state index contributed by atoms with van der Waals surface area (Å²) in [6.07, 6.45) is 0. The summed E-state index contributed by atoms with van der Waals surface area (Å²) >= 11 is 0. The van der Waals surface area contributed by atoms with Crippen molar-refractivity contribution in [2.24, 2.45) is 0 Å². The van der Waals surface area contributed by atoms with E-state index in [4.69, 9.17) is 4.74 Å². The highest BCUT2D eigenvalue weighted by molar-refractivity contribution is 5.84. The lowest BCUT2D eigenvalue weighted by molar-refractivity contribution is 0.273. The molecule has 0 bridgehead atoms. The highest BCUT2D eigenvalue weighted by atomic mass is 16.5. The zero-order chi connectivity index (χ0) is 15.2. The Kier molecular flexibility index (Phi) is 5.59. The molecule has 0 heterocycles. The Morgan fingerprint density at radius 1 is 1.10 bits per heavy atom. The van der Waals surface area contributed by atoms with Crippen LogP contribution in [0.4, 0.5) is 0 Å². The molecule has 21 heavy (non-hydrogen) atoms. The topological polar surface area (TPSA) is 24.5 Å². The maximum atomic E-state index is 5.26. The average Bonchev–Trinajstić information content (AvgIpc) is 2.50. The molecule has 0 atom stereocenters. The number of fused-ring (bicyclic) bond motifs is 1. The Bertz CT molecular complexity index is 580. The number of likely N-dealkylation sites (N-methyl/N-ethyl adjacent to an activating group) is 1. The van der Waals surface area contributed by atoms with Gasteiger partial charge in [0.1, 0.15) is 5.75 Å². The van der Waals surface area contributed by atoms with Crippen LogP contribution in [0, 0.1) is 0 Å². The van der Waals surface area contributed by atoms with Gasteiger partial charge in [0.25, 0.3) is 0 Å². The van der Waals surface area contributed by atoms with Gasteiger partial charge in [0, 0.05) is 25.7 Å². The minimum Gasteiger partial charge on any atom is -0.497 e. The molecular formula is C18H26N2O. The Labute approximate surface area is 127 Å². The molecule has 0 unspecified atom stereocenters. The quantitative estimate of drug-likeness (QED) is 0.791. The minimum atomic E-state index is 0.599. The lowest BCUT2D eigenvalue weighted by Crippen LogP contribution is -2.33. The van der Waals surface area contributed by atoms with E-state index >= 15 is 0 Å². The van der Waals surface area contributed by atoms with Crippen molar-refractivity contribution >= 4 is 10.8 Å². The molecule has 0 aliphatic carbocycles. The molecule has 114 valence electrons. The third-order valence-electron chi connectivity index (χ3n) is 3.96. The number of nitrogens with one attached hydrogen (secondary N) is 1. The van der Waals surface area contributed by atoms with Crippen molar-refractivity contribution in [3.05, 3.63) is 42.0 Å². The zero-order valence-electron chi connectivity index (χ0n) is 13.5. The van der Waals surface area contributed by atoms with E-state index in [1.165, 1.54) is 16.3 Å². The van der Waals surface area contributed by atoms with E-state index in [2.05, 4.69) is 61.4 Å². The zero-order valence-corrected chi connectivity index (χ0v) is 13.5. The van der Waals surface area contributed by atoms with Gasteiger partial charge in [0.2, 0.25) is 0 Å². The summed E-state index contributed by atoms with van der Waals surface area (Å²) in [7, 11) is 3.86. The van der Waals surface area contributed by atoms with Gasteiger partial charge in [-0.15, -0.1) is 0 Å². The summed E-state index contributed by atoms with van der Waals surface area (Å²) < 4.78 is 5.26. The predicted molar refractivity (Wildman–Crippen MR) is 90.0 cm³/mol. The van der Waals surface area contributed by atoms with Crippen molar-refractivity contribution in [1.29, 1.82) is 0 Å². The molecule has 0 aliphatic rings. The lowest BCUT2D eigenvalue weighted by Gasteiger charge is -2.20. The van der Waals surface area contributed by atoms with Crippen LogP contribution in [-0.2, 0) is 6.54 Å². The largest absolute Gasteiger partial charge is 0.497 e. The number of hydrogen-bond acceptors (Lipinski definition) is 3. The van der Waals surface area contributed by atoms with E-state index < -0.39 is 0 Å². The van der Waals surface area contributed by atoms with Gasteiger partial charge < -0.3 is 15.0 Å². The van der Waals surface area contributed by atoms with Gasteiger partial charge in [-0.05, 0) is 55.4 Å². The van der Waals surface area contributed by atoms with Crippen LogP contribution >= 0.6 is 0 Å². The van der Waals surface area contributed by atoms with Gasteiger partial charge in [0.15, 0.2) is 0 Å². The molecule has 0 aromatic heterocycles. The van der Waals surface area contributed by atoms with Gasteiger partial charge in [-0.3, -0.25) is 0 Å². The van der Waals surface area contributed by atoms with Crippen LogP contribution < -0.4 is 10.1 Å². The first kappa shape index (κ1) is 15.8. The van der Waals surface area contributed by atoms with Crippen molar-refractivity contribution in [3.63, 3.8) is 0 Å². The number of ether oxygens (including phenoxy) is 1. The Morgan fingerprint density at radius 2 is 1.81 bits per heavy atom. The molecule has 0 saturated heterocycles. The number of nitrogens with zero attached hydrogens (tertiary/aromatic N) is 1. The van der Waals surface area contributed by atoms with Crippen LogP contribution in [0.15, 0.2) is 36.4 Å². The molecule has 1 N–H and O–H groups in total. The maximum Gasteiger partial charge on any atom is 0.119 e. The molecule has 0 spiro atoms. The molecule has 0 aliphatic heterocycles. The number of methoxy groups -OCH3 is 1. The monoisotopic (exact) mass is 286 g/mol. The van der Waals surface area contributed by atoms with E-state index in [0.29, 0.717) is 6.04 Å². The first-order chi connectivity index (χ1) is 10.1. The normalized spacial score (nSPS) is 11.5. The third kappa shape index (κ3) is 4.45. The SMILES string of the molecule is COc1ccc2cc(CNCCN(C)C(C)C)ccc2c1. The molecule has 2 aromatic carbocycles. The van der Waals surface area contributed by atoms with Crippen LogP contribution in [0.2, 0.25) is 0 Å². The Morgan fingerprint density at radius 3 is 2.52 bits per heavy atom. The van der Waals surface area contributed by atoms with Crippen LogP contribution in [0.5, 0.6) is 5.75 Å². The van der Waals surface area contributed by atoms with Crippen molar-refractivity contribution in [1.82, 2.24) is 10.2 Å². The fourth-order valence-electron chi connectivity index (χ4n) is 2.26. The van der Waals surface area contributed by atoms with Gasteiger partial charge in [-0.2, -0.15) is 0 Å². The van der Waals surface area contributed by atoms with Gasteiger partial charge in [-0.25, -0.2) is 0 Å². The second-order valence-electron chi connectivity index (χ2n) is 5.80. The molecule has 0 fully saturated rings. The van der Waals surface area contributed by atoms with Crippen molar-refractivity contribution < 1.29 is 4.74 Å². The van der Waals surface area contributed by atoms with E-state index in [9.17, 15) is 0 Å². The van der Waals surface area contributed by atoms with Crippen molar-refractivity contribution in [2.45, 2.75) is 26.4 Å². The second-order valence-corrected chi connectivity index (χ2v) is 5.80. The molecule has 3 heteroatoms. The van der Waals surface area contributed by atoms with Crippen LogP contribution in [-0.4, -0.2) is 38.2 Å². The summed E-state index contributed by atoms with van der Waals surface area (Å²) in [5, 5.41) is 5.99. The standard InChI is InChI=1S/C18H26N2O/c1-14(2)20(3)10-9-19-13-15-5-6-17-12-18(21-4)8-7-16(17)11-15/h5-8,11-12,14,19H,9-10,13H2,1-4H3. The molecule has 3 nitrogen and oxygen atoms in total. The van der Waals surface area contributed by atoms with Gasteiger partial charge in [-0.1, -0.05) is 18.2 Å². The average molecular weight is 286 g/mol. The van der Waals surface area contributed by atoms with Crippen LogP contribution in [0.3, 0.4) is 0 Å². The maximum absolute atomic E-state index is 5.26. The summed E-state index contributed by atoms with van der Waals surface area (Å²) in [6.45, 7) is 7.43. The summed E-state index contributed by atoms with van der Waals surface area (Å²) in [6, 6.07) is 13.4. The smallest absolute Gasteiger partial charge is 0.119 e. The van der Waals surface area contributed by atoms with E-state index in [-0.39, 0.29) is 0 Å². The van der Waals surface area contributed by atoms with E-state index in [1.807, 2.05) is 6.07 Å². The highest BCUT2D eigenvalue weighted by Crippen LogP contribution is 2.21. The molecule has 0 saturated carbocycles. The predicted octanol–water partition coefficient (Wildman–Crippen LogP) is 3.28. The Hall–Kier alpha value is -1.58. The van der Waals surface area contributed by atoms with E-state index in [1.54, 1.807) is 7.11 Å². The third-order valence-corrected chi connectivity index (χ3v) is 3.96. The summed E-state index contributed by atoms with van der Waals surface area (Å²) in [5.41, 5.74) is 1.32. The van der Waals surface area contributed by atoms with Gasteiger partial charge >= 0.3 is 0 Å². The number of benzene rings is 2. The highest BCUT2D eigenvalue weighted by Gasteiger charge is 2.02. The van der Waals surface area contributed by atoms with E-state index in [0.717, 1.165) is 25.4 Å². The molecule has 0 radical (unpaired) electrons. The fraction of sp³-hybridized carbons (Fsp3) is 0.444. The Balaban J connectivity index is 1.91. The molecule has 0 amide bonds. The molecular weight excluding hydrogens is 260 g/mol. The minimum absolute atomic E-state index is 0.599.